The molecule has 0 amide bonds. The van der Waals surface area contributed by atoms with Gasteiger partial charge in [0.05, 0.1) is 9.50 Å². The SMILES string of the molecule is Oc1ccc2c(c1)nc[s+]2S. The third kappa shape index (κ3) is 1.08. The van der Waals surface area contributed by atoms with E-state index >= 15 is 0 Å². The summed E-state index contributed by atoms with van der Waals surface area (Å²) in [6, 6.07) is 5.16. The van der Waals surface area contributed by atoms with Crippen molar-refractivity contribution in [1.82, 2.24) is 4.98 Å². The van der Waals surface area contributed by atoms with Crippen molar-refractivity contribution in [2.24, 2.45) is 0 Å². The van der Waals surface area contributed by atoms with Gasteiger partial charge >= 0.3 is 0 Å². The highest BCUT2D eigenvalue weighted by atomic mass is 33.1. The molecule has 1 aromatic heterocycles. The predicted molar refractivity (Wildman–Crippen MR) is 50.3 cm³/mol. The number of thiazole rings is 1. The number of aromatic hydroxyl groups is 1. The first-order valence-electron chi connectivity index (χ1n) is 3.07. The Bertz CT molecular complexity index is 396. The molecule has 0 saturated carbocycles. The van der Waals surface area contributed by atoms with Gasteiger partial charge in [0, 0.05) is 12.1 Å². The monoisotopic (exact) mass is 184 g/mol. The summed E-state index contributed by atoms with van der Waals surface area (Å²) in [7, 11) is -0.164. The Morgan fingerprint density at radius 3 is 3.09 bits per heavy atom. The van der Waals surface area contributed by atoms with E-state index in [0.717, 1.165) is 10.2 Å². The summed E-state index contributed by atoms with van der Waals surface area (Å²) < 4.78 is 1.09. The number of nitrogens with zero attached hydrogens (tertiary/aromatic N) is 1. The van der Waals surface area contributed by atoms with Gasteiger partial charge in [-0.3, -0.25) is 0 Å². The maximum atomic E-state index is 9.09. The molecule has 2 nitrogen and oxygen atoms in total. The third-order valence-corrected chi connectivity index (χ3v) is 3.43. The Balaban J connectivity index is 2.86. The third-order valence-electron chi connectivity index (χ3n) is 1.46. The minimum absolute atomic E-state index is 0.164. The summed E-state index contributed by atoms with van der Waals surface area (Å²) in [5.41, 5.74) is 2.62. The number of thiol groups is 1. The molecule has 0 radical (unpaired) electrons. The van der Waals surface area contributed by atoms with Gasteiger partial charge < -0.3 is 5.11 Å². The van der Waals surface area contributed by atoms with Gasteiger partial charge in [0.15, 0.2) is 0 Å². The summed E-state index contributed by atoms with van der Waals surface area (Å²) in [4.78, 5) is 4.09. The summed E-state index contributed by atoms with van der Waals surface area (Å²) in [5, 5.41) is 9.09. The van der Waals surface area contributed by atoms with Crippen LogP contribution in [0.1, 0.15) is 0 Å². The number of phenols is 1. The molecule has 0 bridgehead atoms. The van der Waals surface area contributed by atoms with Gasteiger partial charge in [-0.15, -0.1) is 0 Å². The lowest BCUT2D eigenvalue weighted by Crippen LogP contribution is -1.65. The molecule has 1 unspecified atom stereocenters. The number of hydrogen-bond donors (Lipinski definition) is 2. The zero-order valence-corrected chi connectivity index (χ0v) is 7.27. The summed E-state index contributed by atoms with van der Waals surface area (Å²) in [5.74, 6) is 0.258. The Labute approximate surface area is 71.3 Å². The molecule has 2 rings (SSSR count). The Hall–Kier alpha value is -0.740. The van der Waals surface area contributed by atoms with Crippen LogP contribution in [0.5, 0.6) is 5.75 Å². The average Bonchev–Trinajstić information content (AvgIpc) is 2.32. The molecular weight excluding hydrogens is 178 g/mol. The standard InChI is InChI=1S/C7H5NOS2/c9-5-1-2-7-6(3-5)8-4-11(7)10/h1-4,10H/p+1. The van der Waals surface area contributed by atoms with Crippen LogP contribution >= 0.6 is 21.2 Å². The molecule has 11 heavy (non-hydrogen) atoms. The molecule has 0 aliphatic heterocycles. The van der Waals surface area contributed by atoms with Crippen LogP contribution in [0.3, 0.4) is 0 Å². The van der Waals surface area contributed by atoms with Crippen LogP contribution in [0, 0.1) is 0 Å². The second-order valence-corrected chi connectivity index (χ2v) is 4.66. The van der Waals surface area contributed by atoms with Crippen molar-refractivity contribution >= 4 is 31.4 Å². The van der Waals surface area contributed by atoms with Crippen LogP contribution in [-0.2, 0) is 0 Å². The topological polar surface area (TPSA) is 33.1 Å². The molecular formula is C7H6NOS2+. The van der Waals surface area contributed by atoms with Gasteiger partial charge in [0.25, 0.3) is 0 Å². The summed E-state index contributed by atoms with van der Waals surface area (Å²) in [6.07, 6.45) is 0. The fourth-order valence-corrected chi connectivity index (χ4v) is 2.41. The number of aromatic nitrogens is 1. The average molecular weight is 184 g/mol. The molecule has 0 saturated heterocycles. The van der Waals surface area contributed by atoms with E-state index in [1.165, 1.54) is 0 Å². The first kappa shape index (κ1) is 6.94. The van der Waals surface area contributed by atoms with E-state index < -0.39 is 0 Å². The number of hydrogen-bond acceptors (Lipinski definition) is 3. The molecule has 1 atom stereocenters. The van der Waals surface area contributed by atoms with Gasteiger partial charge in [-0.2, -0.15) is 4.98 Å². The van der Waals surface area contributed by atoms with Crippen LogP contribution in [0.4, 0.5) is 0 Å². The zero-order valence-electron chi connectivity index (χ0n) is 5.56. The number of fused-ring (bicyclic) bond motifs is 1. The van der Waals surface area contributed by atoms with Gasteiger partial charge in [-0.1, -0.05) is 0 Å². The van der Waals surface area contributed by atoms with E-state index in [-0.39, 0.29) is 15.3 Å². The van der Waals surface area contributed by atoms with Gasteiger partial charge in [-0.05, 0) is 6.07 Å². The molecule has 56 valence electrons. The lowest BCUT2D eigenvalue weighted by molar-refractivity contribution is 0.476. The van der Waals surface area contributed by atoms with Crippen molar-refractivity contribution in [3.05, 3.63) is 23.7 Å². The van der Waals surface area contributed by atoms with E-state index in [9.17, 15) is 0 Å². The van der Waals surface area contributed by atoms with Crippen molar-refractivity contribution in [2.45, 2.75) is 0 Å². The highest BCUT2D eigenvalue weighted by Gasteiger charge is 2.09. The smallest absolute Gasteiger partial charge is 0.243 e. The maximum absolute atomic E-state index is 9.09. The predicted octanol–water partition coefficient (Wildman–Crippen LogP) is 2.38. The van der Waals surface area contributed by atoms with Crippen molar-refractivity contribution in [3.8, 4) is 5.75 Å². The zero-order chi connectivity index (χ0) is 7.84. The first-order chi connectivity index (χ1) is 5.27. The molecule has 0 spiro atoms. The van der Waals surface area contributed by atoms with Gasteiger partial charge in [-0.25, -0.2) is 0 Å². The Morgan fingerprint density at radius 2 is 2.27 bits per heavy atom. The molecule has 1 N–H and O–H groups in total. The number of phenolic OH excluding ortho intramolecular Hbond substituents is 1. The highest BCUT2D eigenvalue weighted by molar-refractivity contribution is 8.34. The van der Waals surface area contributed by atoms with Crippen LogP contribution in [0.15, 0.2) is 23.7 Å². The largest absolute Gasteiger partial charge is 0.508 e. The number of benzene rings is 1. The quantitative estimate of drug-likeness (QED) is 0.374. The lowest BCUT2D eigenvalue weighted by atomic mass is 10.3. The molecule has 0 aliphatic carbocycles. The molecule has 1 heterocycles. The van der Waals surface area contributed by atoms with Gasteiger partial charge in [0.2, 0.25) is 10.2 Å². The van der Waals surface area contributed by atoms with E-state index in [2.05, 4.69) is 16.6 Å². The molecule has 0 aliphatic rings. The summed E-state index contributed by atoms with van der Waals surface area (Å²) in [6.45, 7) is 0. The van der Waals surface area contributed by atoms with Crippen molar-refractivity contribution in [2.75, 3.05) is 0 Å². The molecule has 1 aromatic carbocycles. The van der Waals surface area contributed by atoms with Crippen molar-refractivity contribution < 1.29 is 5.11 Å². The van der Waals surface area contributed by atoms with Crippen molar-refractivity contribution in [1.29, 1.82) is 0 Å². The second-order valence-electron chi connectivity index (χ2n) is 2.20. The fourth-order valence-electron chi connectivity index (χ4n) is 0.947. The van der Waals surface area contributed by atoms with Crippen LogP contribution < -0.4 is 0 Å². The van der Waals surface area contributed by atoms with E-state index in [1.807, 2.05) is 6.07 Å². The normalized spacial score (nSPS) is 12.3. The molecule has 4 heteroatoms. The van der Waals surface area contributed by atoms with Crippen LogP contribution in [0.2, 0.25) is 0 Å². The highest BCUT2D eigenvalue weighted by Crippen LogP contribution is 2.33. The molecule has 2 aromatic rings. The lowest BCUT2D eigenvalue weighted by Gasteiger charge is -1.85. The first-order valence-corrected chi connectivity index (χ1v) is 5.41. The van der Waals surface area contributed by atoms with Crippen LogP contribution in [-0.4, -0.2) is 10.1 Å². The van der Waals surface area contributed by atoms with E-state index in [4.69, 9.17) is 5.11 Å². The number of rotatable bonds is 0. The summed E-state index contributed by atoms with van der Waals surface area (Å²) >= 11 is 4.30. The van der Waals surface area contributed by atoms with Crippen LogP contribution in [0.25, 0.3) is 10.2 Å². The maximum Gasteiger partial charge on any atom is 0.243 e. The van der Waals surface area contributed by atoms with Gasteiger partial charge in [0.1, 0.15) is 22.9 Å². The second kappa shape index (κ2) is 2.39. The fraction of sp³-hybridized carbons (Fsp3) is 0. The molecule has 0 fully saturated rings. The minimum atomic E-state index is -0.164. The minimum Gasteiger partial charge on any atom is -0.508 e. The van der Waals surface area contributed by atoms with E-state index in [1.54, 1.807) is 17.6 Å². The van der Waals surface area contributed by atoms with Crippen molar-refractivity contribution in [3.63, 3.8) is 0 Å². The van der Waals surface area contributed by atoms with E-state index in [0.29, 0.717) is 0 Å². The Kier molecular flexibility index (Phi) is 1.51. The Morgan fingerprint density at radius 1 is 1.45 bits per heavy atom.